The van der Waals surface area contributed by atoms with Crippen LogP contribution < -0.4 is 15.7 Å². The van der Waals surface area contributed by atoms with Gasteiger partial charge in [0, 0.05) is 33.7 Å². The zero-order valence-corrected chi connectivity index (χ0v) is 36.3. The number of fused-ring (bicyclic) bond motifs is 8. The largest absolute Gasteiger partial charge is 0.376 e. The maximum atomic E-state index is 2.88. The van der Waals surface area contributed by atoms with E-state index in [2.05, 4.69) is 145 Å². The second-order valence-corrected chi connectivity index (χ2v) is 22.8. The fourth-order valence-electron chi connectivity index (χ4n) is 18.8. The van der Waals surface area contributed by atoms with E-state index in [1.807, 2.05) is 0 Å². The van der Waals surface area contributed by atoms with Crippen LogP contribution in [0.3, 0.4) is 0 Å². The fourth-order valence-corrected chi connectivity index (χ4v) is 18.8. The van der Waals surface area contributed by atoms with Crippen molar-refractivity contribution >= 4 is 39.9 Å². The monoisotopic (exact) mass is 809 g/mol. The summed E-state index contributed by atoms with van der Waals surface area (Å²) in [7, 11) is 0. The van der Waals surface area contributed by atoms with Crippen molar-refractivity contribution in [2.45, 2.75) is 81.5 Å². The van der Waals surface area contributed by atoms with Crippen LogP contribution in [-0.4, -0.2) is 6.85 Å². The van der Waals surface area contributed by atoms with E-state index in [4.69, 9.17) is 0 Å². The molecule has 0 amide bonds. The lowest BCUT2D eigenvalue weighted by Gasteiger charge is -2.65. The zero-order valence-electron chi connectivity index (χ0n) is 36.3. The first kappa shape index (κ1) is 34.1. The smallest absolute Gasteiger partial charge is 0.329 e. The molecule has 17 rings (SSSR count). The van der Waals surface area contributed by atoms with Gasteiger partial charge in [0.2, 0.25) is 0 Å². The van der Waals surface area contributed by atoms with Crippen molar-refractivity contribution in [3.05, 3.63) is 167 Å². The van der Waals surface area contributed by atoms with Crippen molar-refractivity contribution in [3.63, 3.8) is 0 Å². The summed E-state index contributed by atoms with van der Waals surface area (Å²) >= 11 is 0. The molecule has 7 aromatic rings. The Morgan fingerprint density at radius 3 is 2.24 bits per heavy atom. The molecule has 8 aliphatic carbocycles. The van der Waals surface area contributed by atoms with Crippen LogP contribution in [0.25, 0.3) is 44.2 Å². The molecule has 2 heterocycles. The molecule has 0 saturated heterocycles. The number of rotatable bonds is 4. The van der Waals surface area contributed by atoms with Crippen LogP contribution in [0, 0.1) is 54.3 Å². The number of anilines is 2. The van der Waals surface area contributed by atoms with Gasteiger partial charge in [0.05, 0.1) is 0 Å². The van der Waals surface area contributed by atoms with Crippen LogP contribution in [0.15, 0.2) is 133 Å². The topological polar surface area (TPSA) is 3.24 Å². The van der Waals surface area contributed by atoms with Gasteiger partial charge in [-0.2, -0.15) is 0 Å². The SMILES string of the molecule is Cc1cc2c3c(c1)C1Cc4ccc(C56C7CCC5CC6C7)cc4-c4cc(C56CC7CC8CC(C5)C6C87)cc(c41)B3N(c1ccc(-c3ccccc3)cc1)c1c-2ccc2ccccc12. The molecule has 10 aliphatic rings. The van der Waals surface area contributed by atoms with Crippen molar-refractivity contribution in [1.82, 2.24) is 0 Å². The molecule has 7 saturated carbocycles. The quantitative estimate of drug-likeness (QED) is 0.160. The summed E-state index contributed by atoms with van der Waals surface area (Å²) in [4.78, 5) is 2.84. The summed E-state index contributed by atoms with van der Waals surface area (Å²) in [6.07, 6.45) is 12.8. The van der Waals surface area contributed by atoms with E-state index in [1.165, 1.54) is 101 Å². The van der Waals surface area contributed by atoms with Gasteiger partial charge in [-0.25, -0.2) is 0 Å². The molecular weight excluding hydrogens is 757 g/mol. The standard InChI is InChI=1S/C61H52BN/c1-33-21-52-48-20-14-36-9-5-6-10-47(36)59(48)63(46-18-12-35(13-19-46)34-7-3-2-4-8-34)62-54-30-44(60-31-39-23-38-24-40(32-60)57(60)55(38)39)29-51-49-28-43(61-41-16-17-42(61)27-45(61)26-41)15-11-37(49)25-50(56(51)54)53(22-33)58(52)62/h2-15,18-22,28-30,38-42,45,50,55,57H,16-17,23-27,31-32H2,1H3. The van der Waals surface area contributed by atoms with Crippen molar-refractivity contribution in [3.8, 4) is 33.4 Å². The maximum absolute atomic E-state index is 2.88. The number of nitrogens with zero attached hydrogens (tertiary/aromatic N) is 1. The van der Waals surface area contributed by atoms with Crippen molar-refractivity contribution < 1.29 is 0 Å². The highest BCUT2D eigenvalue weighted by Gasteiger charge is 2.73. The Hall–Kier alpha value is -5.34. The first-order chi connectivity index (χ1) is 31.0. The molecule has 0 radical (unpaired) electrons. The van der Waals surface area contributed by atoms with Crippen LogP contribution in [-0.2, 0) is 17.3 Å². The van der Waals surface area contributed by atoms with Crippen molar-refractivity contribution in [2.24, 2.45) is 47.3 Å². The van der Waals surface area contributed by atoms with Gasteiger partial charge in [-0.15, -0.1) is 0 Å². The van der Waals surface area contributed by atoms with Gasteiger partial charge < -0.3 is 4.81 Å². The average Bonchev–Trinajstić information content (AvgIpc) is 3.61. The number of hydrogen-bond acceptors (Lipinski definition) is 1. The third kappa shape index (κ3) is 3.89. The van der Waals surface area contributed by atoms with E-state index in [1.54, 1.807) is 49.9 Å². The second-order valence-electron chi connectivity index (χ2n) is 22.8. The lowest BCUT2D eigenvalue weighted by Crippen LogP contribution is -2.63. The Morgan fingerprint density at radius 1 is 0.603 bits per heavy atom. The van der Waals surface area contributed by atoms with Crippen LogP contribution in [0.5, 0.6) is 0 Å². The molecule has 304 valence electrons. The molecule has 0 spiro atoms. The summed E-state index contributed by atoms with van der Waals surface area (Å²) in [6, 6.07) is 53.7. The molecule has 9 unspecified atom stereocenters. The van der Waals surface area contributed by atoms with Crippen LogP contribution in [0.2, 0.25) is 0 Å². The zero-order chi connectivity index (χ0) is 40.7. The highest BCUT2D eigenvalue weighted by atomic mass is 15.1. The Balaban J connectivity index is 0.953. The Kier molecular flexibility index (Phi) is 6.12. The summed E-state index contributed by atoms with van der Waals surface area (Å²) < 4.78 is 0. The summed E-state index contributed by atoms with van der Waals surface area (Å²) in [5.41, 5.74) is 24.9. The van der Waals surface area contributed by atoms with Gasteiger partial charge in [-0.3, -0.25) is 0 Å². The molecule has 2 heteroatoms. The minimum absolute atomic E-state index is 0.0879. The predicted octanol–water partition coefficient (Wildman–Crippen LogP) is 13.0. The van der Waals surface area contributed by atoms with E-state index in [0.29, 0.717) is 16.7 Å². The van der Waals surface area contributed by atoms with Gasteiger partial charge in [0.25, 0.3) is 0 Å². The minimum Gasteiger partial charge on any atom is -0.376 e. The molecule has 1 nitrogen and oxygen atoms in total. The van der Waals surface area contributed by atoms with Gasteiger partial charge in [-0.05, 0) is 202 Å². The van der Waals surface area contributed by atoms with E-state index < -0.39 is 0 Å². The van der Waals surface area contributed by atoms with E-state index in [0.717, 1.165) is 53.8 Å². The van der Waals surface area contributed by atoms with E-state index >= 15 is 0 Å². The fraction of sp³-hybridized carbons (Fsp3) is 0.344. The Bertz CT molecular complexity index is 3200. The molecule has 7 aromatic carbocycles. The van der Waals surface area contributed by atoms with Crippen molar-refractivity contribution in [2.75, 3.05) is 4.81 Å². The van der Waals surface area contributed by atoms with E-state index in [9.17, 15) is 0 Å². The summed E-state index contributed by atoms with van der Waals surface area (Å²) in [5.74, 6) is 7.94. The first-order valence-corrected chi connectivity index (χ1v) is 25.0. The number of hydrogen-bond donors (Lipinski definition) is 0. The molecule has 63 heavy (non-hydrogen) atoms. The van der Waals surface area contributed by atoms with Crippen LogP contribution in [0.1, 0.15) is 90.7 Å². The van der Waals surface area contributed by atoms with Crippen molar-refractivity contribution in [1.29, 1.82) is 0 Å². The molecular formula is C61H52BN. The lowest BCUT2D eigenvalue weighted by atomic mass is 9.38. The highest BCUT2D eigenvalue weighted by Crippen LogP contribution is 2.79. The summed E-state index contributed by atoms with van der Waals surface area (Å²) in [6.45, 7) is 2.45. The molecule has 9 atom stereocenters. The average molecular weight is 810 g/mol. The lowest BCUT2D eigenvalue weighted by molar-refractivity contribution is -0.0835. The van der Waals surface area contributed by atoms with Gasteiger partial charge in [-0.1, -0.05) is 127 Å². The molecule has 7 fully saturated rings. The minimum atomic E-state index is 0.0879. The number of aryl methyl sites for hydroxylation is 1. The van der Waals surface area contributed by atoms with Gasteiger partial charge in [0.1, 0.15) is 0 Å². The summed E-state index contributed by atoms with van der Waals surface area (Å²) in [5, 5.41) is 2.67. The molecule has 0 bridgehead atoms. The van der Waals surface area contributed by atoms with Crippen LogP contribution >= 0.6 is 0 Å². The third-order valence-electron chi connectivity index (χ3n) is 20.8. The Labute approximate surface area is 372 Å². The predicted molar refractivity (Wildman–Crippen MR) is 259 cm³/mol. The number of benzene rings is 7. The molecule has 0 aromatic heterocycles. The van der Waals surface area contributed by atoms with Gasteiger partial charge >= 0.3 is 6.85 Å². The molecule has 0 N–H and O–H groups in total. The van der Waals surface area contributed by atoms with E-state index in [-0.39, 0.29) is 6.85 Å². The maximum Gasteiger partial charge on any atom is 0.329 e. The normalized spacial score (nSPS) is 34.1. The first-order valence-electron chi connectivity index (χ1n) is 25.0. The second kappa shape index (κ2) is 11.3. The highest BCUT2D eigenvalue weighted by molar-refractivity contribution is 6.92. The van der Waals surface area contributed by atoms with Crippen LogP contribution in [0.4, 0.5) is 11.4 Å². The van der Waals surface area contributed by atoms with Gasteiger partial charge in [0.15, 0.2) is 0 Å². The molecule has 2 aliphatic heterocycles. The Morgan fingerprint density at radius 2 is 1.38 bits per heavy atom. The third-order valence-corrected chi connectivity index (χ3v) is 20.8.